The molecule has 0 aliphatic carbocycles. The highest BCUT2D eigenvalue weighted by Crippen LogP contribution is 2.34. The van der Waals surface area contributed by atoms with Crippen LogP contribution in [0.25, 0.3) is 0 Å². The highest BCUT2D eigenvalue weighted by molar-refractivity contribution is 5.86. The zero-order chi connectivity index (χ0) is 12.5. The third-order valence-corrected chi connectivity index (χ3v) is 3.78. The third kappa shape index (κ3) is 1.86. The maximum Gasteiger partial charge on any atom is 0.234 e. The lowest BCUT2D eigenvalue weighted by Crippen LogP contribution is -2.53. The molecule has 1 aromatic carbocycles. The predicted molar refractivity (Wildman–Crippen MR) is 68.7 cm³/mol. The van der Waals surface area contributed by atoms with E-state index in [1.807, 2.05) is 29.2 Å². The molecule has 1 aromatic rings. The number of fused-ring (bicyclic) bond motifs is 1. The first-order valence-electron chi connectivity index (χ1n) is 6.50. The number of benzene rings is 1. The Labute approximate surface area is 107 Å². The van der Waals surface area contributed by atoms with Gasteiger partial charge >= 0.3 is 0 Å². The van der Waals surface area contributed by atoms with Gasteiger partial charge in [0.2, 0.25) is 5.91 Å². The van der Waals surface area contributed by atoms with Crippen molar-refractivity contribution in [2.75, 3.05) is 26.2 Å². The Kier molecular flexibility index (Phi) is 2.96. The van der Waals surface area contributed by atoms with Gasteiger partial charge in [0.05, 0.1) is 0 Å². The first kappa shape index (κ1) is 11.5. The molecule has 96 valence electrons. The van der Waals surface area contributed by atoms with Gasteiger partial charge in [-0.1, -0.05) is 18.2 Å². The van der Waals surface area contributed by atoms with E-state index in [1.165, 1.54) is 0 Å². The average Bonchev–Trinajstić information content (AvgIpc) is 2.82. The number of rotatable bonds is 1. The quantitative estimate of drug-likeness (QED) is 0.803. The van der Waals surface area contributed by atoms with E-state index in [1.54, 1.807) is 0 Å². The van der Waals surface area contributed by atoms with Crippen LogP contribution in [-0.2, 0) is 4.79 Å². The van der Waals surface area contributed by atoms with Gasteiger partial charge < -0.3 is 15.0 Å². The molecule has 2 aliphatic rings. The number of hydrogen-bond acceptors (Lipinski definition) is 3. The van der Waals surface area contributed by atoms with Gasteiger partial charge in [-0.25, -0.2) is 0 Å². The van der Waals surface area contributed by atoms with Gasteiger partial charge in [0.25, 0.3) is 0 Å². The number of carbonyl (C=O) groups is 1. The molecule has 2 heterocycles. The molecule has 0 aromatic heterocycles. The van der Waals surface area contributed by atoms with Crippen molar-refractivity contribution in [3.8, 4) is 5.75 Å². The predicted octanol–water partition coefficient (Wildman–Crippen LogP) is 0.983. The van der Waals surface area contributed by atoms with Crippen LogP contribution in [-0.4, -0.2) is 43.1 Å². The van der Waals surface area contributed by atoms with Crippen LogP contribution in [0.15, 0.2) is 24.3 Å². The standard InChI is InChI=1S/C14H18N2O2/c1-10-8-15-6-7-16(10)14(17)12-9-18-13-5-3-2-4-11(12)13/h2-5,10,12,15H,6-9H2,1H3/t10-,12+/m1/s1. The average molecular weight is 246 g/mol. The lowest BCUT2D eigenvalue weighted by Gasteiger charge is -2.35. The summed E-state index contributed by atoms with van der Waals surface area (Å²) in [6.07, 6.45) is 0. The smallest absolute Gasteiger partial charge is 0.234 e. The van der Waals surface area contributed by atoms with Crippen molar-refractivity contribution in [1.82, 2.24) is 10.2 Å². The lowest BCUT2D eigenvalue weighted by atomic mass is 9.98. The zero-order valence-electron chi connectivity index (χ0n) is 10.6. The molecule has 4 nitrogen and oxygen atoms in total. The van der Waals surface area contributed by atoms with Crippen molar-refractivity contribution >= 4 is 5.91 Å². The Bertz CT molecular complexity index is 461. The van der Waals surface area contributed by atoms with E-state index < -0.39 is 0 Å². The van der Waals surface area contributed by atoms with Gasteiger partial charge in [0, 0.05) is 31.2 Å². The van der Waals surface area contributed by atoms with Crippen LogP contribution in [0.2, 0.25) is 0 Å². The number of carbonyl (C=O) groups excluding carboxylic acids is 1. The third-order valence-electron chi connectivity index (χ3n) is 3.78. The summed E-state index contributed by atoms with van der Waals surface area (Å²) in [5.41, 5.74) is 1.04. The maximum atomic E-state index is 12.6. The second kappa shape index (κ2) is 4.61. The Balaban J connectivity index is 1.82. The lowest BCUT2D eigenvalue weighted by molar-refractivity contribution is -0.135. The molecule has 4 heteroatoms. The Morgan fingerprint density at radius 2 is 2.28 bits per heavy atom. The number of nitrogens with zero attached hydrogens (tertiary/aromatic N) is 1. The molecule has 0 bridgehead atoms. The van der Waals surface area contributed by atoms with Gasteiger partial charge in [-0.2, -0.15) is 0 Å². The first-order valence-corrected chi connectivity index (χ1v) is 6.50. The molecule has 2 atom stereocenters. The molecule has 0 saturated carbocycles. The minimum absolute atomic E-state index is 0.123. The Morgan fingerprint density at radius 1 is 1.44 bits per heavy atom. The van der Waals surface area contributed by atoms with Gasteiger partial charge in [0.15, 0.2) is 0 Å². The van der Waals surface area contributed by atoms with Crippen LogP contribution in [0, 0.1) is 0 Å². The second-order valence-corrected chi connectivity index (χ2v) is 4.99. The van der Waals surface area contributed by atoms with Crippen LogP contribution in [0.3, 0.4) is 0 Å². The topological polar surface area (TPSA) is 41.6 Å². The normalized spacial score (nSPS) is 26.6. The van der Waals surface area contributed by atoms with Crippen molar-refractivity contribution in [2.24, 2.45) is 0 Å². The van der Waals surface area contributed by atoms with E-state index in [4.69, 9.17) is 4.74 Å². The van der Waals surface area contributed by atoms with Gasteiger partial charge in [-0.15, -0.1) is 0 Å². The van der Waals surface area contributed by atoms with Crippen LogP contribution < -0.4 is 10.1 Å². The molecular weight excluding hydrogens is 228 g/mol. The molecule has 1 amide bonds. The van der Waals surface area contributed by atoms with Crippen LogP contribution >= 0.6 is 0 Å². The first-order chi connectivity index (χ1) is 8.77. The molecular formula is C14H18N2O2. The summed E-state index contributed by atoms with van der Waals surface area (Å²) in [6.45, 7) is 5.12. The van der Waals surface area contributed by atoms with Crippen LogP contribution in [0.4, 0.5) is 0 Å². The summed E-state index contributed by atoms with van der Waals surface area (Å²) in [5.74, 6) is 0.939. The minimum Gasteiger partial charge on any atom is -0.492 e. The van der Waals surface area contributed by atoms with Crippen molar-refractivity contribution < 1.29 is 9.53 Å². The Hall–Kier alpha value is -1.55. The van der Waals surface area contributed by atoms with Crippen molar-refractivity contribution in [3.63, 3.8) is 0 Å². The number of ether oxygens (including phenoxy) is 1. The highest BCUT2D eigenvalue weighted by atomic mass is 16.5. The summed E-state index contributed by atoms with van der Waals surface area (Å²) in [6, 6.07) is 8.11. The maximum absolute atomic E-state index is 12.6. The molecule has 2 aliphatic heterocycles. The largest absolute Gasteiger partial charge is 0.492 e. The van der Waals surface area contributed by atoms with Gasteiger partial charge in [-0.05, 0) is 13.0 Å². The summed E-state index contributed by atoms with van der Waals surface area (Å²) in [4.78, 5) is 14.6. The number of piperazine rings is 1. The van der Waals surface area contributed by atoms with Crippen molar-refractivity contribution in [1.29, 1.82) is 0 Å². The van der Waals surface area contributed by atoms with Crippen molar-refractivity contribution in [2.45, 2.75) is 18.9 Å². The number of nitrogens with one attached hydrogen (secondary N) is 1. The van der Waals surface area contributed by atoms with Crippen LogP contribution in [0.1, 0.15) is 18.4 Å². The van der Waals surface area contributed by atoms with Gasteiger partial charge in [-0.3, -0.25) is 4.79 Å². The van der Waals surface area contributed by atoms with Gasteiger partial charge in [0.1, 0.15) is 18.3 Å². The molecule has 1 fully saturated rings. The molecule has 0 unspecified atom stereocenters. The number of hydrogen-bond donors (Lipinski definition) is 1. The van der Waals surface area contributed by atoms with Crippen LogP contribution in [0.5, 0.6) is 5.75 Å². The van der Waals surface area contributed by atoms with E-state index >= 15 is 0 Å². The number of amides is 1. The molecule has 3 rings (SSSR count). The summed E-state index contributed by atoms with van der Waals surface area (Å²) >= 11 is 0. The highest BCUT2D eigenvalue weighted by Gasteiger charge is 2.35. The summed E-state index contributed by atoms with van der Waals surface area (Å²) < 4.78 is 5.60. The van der Waals surface area contributed by atoms with Crippen molar-refractivity contribution in [3.05, 3.63) is 29.8 Å². The molecule has 1 saturated heterocycles. The monoisotopic (exact) mass is 246 g/mol. The van der Waals surface area contributed by atoms with E-state index in [0.29, 0.717) is 6.61 Å². The minimum atomic E-state index is -0.123. The summed E-state index contributed by atoms with van der Waals surface area (Å²) in [7, 11) is 0. The van der Waals surface area contributed by atoms with E-state index in [9.17, 15) is 4.79 Å². The van der Waals surface area contributed by atoms with E-state index in [-0.39, 0.29) is 17.9 Å². The molecule has 18 heavy (non-hydrogen) atoms. The fourth-order valence-electron chi connectivity index (χ4n) is 2.74. The number of para-hydroxylation sites is 1. The molecule has 1 N–H and O–H groups in total. The fraction of sp³-hybridized carbons (Fsp3) is 0.500. The van der Waals surface area contributed by atoms with E-state index in [0.717, 1.165) is 30.9 Å². The zero-order valence-corrected chi connectivity index (χ0v) is 10.6. The molecule has 0 radical (unpaired) electrons. The molecule has 0 spiro atoms. The second-order valence-electron chi connectivity index (χ2n) is 4.99. The summed E-state index contributed by atoms with van der Waals surface area (Å²) in [5, 5.41) is 3.30. The SMILES string of the molecule is C[C@@H]1CNCCN1C(=O)[C@H]1COc2ccccc21. The fourth-order valence-corrected chi connectivity index (χ4v) is 2.74. The Morgan fingerprint density at radius 3 is 3.11 bits per heavy atom. The van der Waals surface area contributed by atoms with E-state index in [2.05, 4.69) is 12.2 Å².